The topological polar surface area (TPSA) is 53.3 Å². The number of amides is 1. The zero-order chi connectivity index (χ0) is 8.27. The first-order valence-electron chi connectivity index (χ1n) is 3.63. The van der Waals surface area contributed by atoms with Crippen molar-refractivity contribution < 1.29 is 9.53 Å². The lowest BCUT2D eigenvalue weighted by Crippen LogP contribution is -2.25. The lowest BCUT2D eigenvalue weighted by Gasteiger charge is -2.08. The fourth-order valence-electron chi connectivity index (χ4n) is 1.03. The minimum Gasteiger partial charge on any atom is -0.429 e. The Kier molecular flexibility index (Phi) is 2.32. The van der Waals surface area contributed by atoms with Gasteiger partial charge in [-0.15, -0.1) is 0 Å². The van der Waals surface area contributed by atoms with Crippen molar-refractivity contribution in [3.05, 3.63) is 0 Å². The first-order valence-corrected chi connectivity index (χ1v) is 3.63. The summed E-state index contributed by atoms with van der Waals surface area (Å²) in [4.78, 5) is 12.4. The summed E-state index contributed by atoms with van der Waals surface area (Å²) in [5, 5.41) is 8.42. The minimum absolute atomic E-state index is 0.363. The lowest BCUT2D eigenvalue weighted by atomic mass is 10.3. The van der Waals surface area contributed by atoms with E-state index in [0.29, 0.717) is 13.1 Å². The van der Waals surface area contributed by atoms with Gasteiger partial charge in [-0.05, 0) is 6.42 Å². The molecule has 1 heterocycles. The van der Waals surface area contributed by atoms with E-state index < -0.39 is 6.10 Å². The van der Waals surface area contributed by atoms with Crippen molar-refractivity contribution in [1.82, 2.24) is 4.90 Å². The number of hydrogen-bond donors (Lipinski definition) is 0. The second-order valence-corrected chi connectivity index (χ2v) is 2.45. The Hall–Kier alpha value is -1.24. The van der Waals surface area contributed by atoms with Crippen molar-refractivity contribution in [1.29, 1.82) is 5.26 Å². The number of carbonyl (C=O) groups is 1. The number of rotatable bonds is 2. The lowest BCUT2D eigenvalue weighted by molar-refractivity contribution is 0.147. The second-order valence-electron chi connectivity index (χ2n) is 2.45. The Morgan fingerprint density at radius 3 is 3.09 bits per heavy atom. The van der Waals surface area contributed by atoms with E-state index in [2.05, 4.69) is 0 Å². The molecule has 0 N–H and O–H groups in total. The molecule has 0 spiro atoms. The molecule has 1 aliphatic rings. The van der Waals surface area contributed by atoms with Gasteiger partial charge in [-0.1, -0.05) is 6.92 Å². The van der Waals surface area contributed by atoms with E-state index >= 15 is 0 Å². The predicted molar refractivity (Wildman–Crippen MR) is 37.7 cm³/mol. The number of ether oxygens (including phenoxy) is 1. The molecule has 1 aliphatic heterocycles. The summed E-state index contributed by atoms with van der Waals surface area (Å²) in [7, 11) is 0. The van der Waals surface area contributed by atoms with Crippen molar-refractivity contribution in [2.24, 2.45) is 0 Å². The molecule has 0 radical (unpaired) electrons. The molecule has 4 heteroatoms. The summed E-state index contributed by atoms with van der Waals surface area (Å²) >= 11 is 0. The molecule has 1 amide bonds. The molecule has 1 rings (SSSR count). The van der Waals surface area contributed by atoms with Gasteiger partial charge in [0.05, 0.1) is 6.54 Å². The SMILES string of the molecule is CCCN1CC(C#N)OC1=O. The van der Waals surface area contributed by atoms with Gasteiger partial charge in [-0.2, -0.15) is 5.26 Å². The maximum atomic E-state index is 10.9. The quantitative estimate of drug-likeness (QED) is 0.589. The van der Waals surface area contributed by atoms with Gasteiger partial charge < -0.3 is 9.64 Å². The second kappa shape index (κ2) is 3.24. The van der Waals surface area contributed by atoms with Crippen molar-refractivity contribution >= 4 is 6.09 Å². The van der Waals surface area contributed by atoms with E-state index in [1.54, 1.807) is 4.90 Å². The Labute approximate surface area is 65.4 Å². The molecular formula is C7H10N2O2. The van der Waals surface area contributed by atoms with Gasteiger partial charge in [0.15, 0.2) is 0 Å². The van der Waals surface area contributed by atoms with Crippen LogP contribution in [0.15, 0.2) is 0 Å². The molecule has 1 unspecified atom stereocenters. The van der Waals surface area contributed by atoms with Gasteiger partial charge in [0.25, 0.3) is 0 Å². The van der Waals surface area contributed by atoms with Gasteiger partial charge in [0, 0.05) is 6.54 Å². The minimum atomic E-state index is -0.561. The number of cyclic esters (lactones) is 1. The van der Waals surface area contributed by atoms with Gasteiger partial charge in [-0.25, -0.2) is 4.79 Å². The summed E-state index contributed by atoms with van der Waals surface area (Å²) in [6.45, 7) is 3.08. The van der Waals surface area contributed by atoms with E-state index in [1.807, 2.05) is 13.0 Å². The van der Waals surface area contributed by atoms with E-state index in [9.17, 15) is 4.79 Å². The Bertz CT molecular complexity index is 197. The molecule has 0 saturated carbocycles. The average molecular weight is 154 g/mol. The first kappa shape index (κ1) is 7.86. The van der Waals surface area contributed by atoms with E-state index in [0.717, 1.165) is 6.42 Å². The zero-order valence-electron chi connectivity index (χ0n) is 6.41. The largest absolute Gasteiger partial charge is 0.429 e. The maximum absolute atomic E-state index is 10.9. The monoisotopic (exact) mass is 154 g/mol. The highest BCUT2D eigenvalue weighted by molar-refractivity contribution is 5.70. The zero-order valence-corrected chi connectivity index (χ0v) is 6.41. The number of nitriles is 1. The third-order valence-corrected chi connectivity index (χ3v) is 1.52. The average Bonchev–Trinajstić information content (AvgIpc) is 2.33. The standard InChI is InChI=1S/C7H10N2O2/c1-2-3-9-5-6(4-8)11-7(9)10/h6H,2-3,5H2,1H3. The molecular weight excluding hydrogens is 144 g/mol. The predicted octanol–water partition coefficient (Wildman–Crippen LogP) is 0.741. The molecule has 0 bridgehead atoms. The van der Waals surface area contributed by atoms with Gasteiger partial charge in [0.1, 0.15) is 6.07 Å². The number of carbonyl (C=O) groups excluding carboxylic acids is 1. The van der Waals surface area contributed by atoms with Crippen LogP contribution in [0, 0.1) is 11.3 Å². The van der Waals surface area contributed by atoms with Crippen molar-refractivity contribution in [2.45, 2.75) is 19.4 Å². The third kappa shape index (κ3) is 1.61. The van der Waals surface area contributed by atoms with Gasteiger partial charge >= 0.3 is 6.09 Å². The Morgan fingerprint density at radius 2 is 2.64 bits per heavy atom. The summed E-state index contributed by atoms with van der Waals surface area (Å²) in [5.41, 5.74) is 0. The summed E-state index contributed by atoms with van der Waals surface area (Å²) in [5.74, 6) is 0. The van der Waals surface area contributed by atoms with Crippen LogP contribution in [0.4, 0.5) is 4.79 Å². The molecule has 0 aliphatic carbocycles. The van der Waals surface area contributed by atoms with Crippen LogP contribution < -0.4 is 0 Å². The fraction of sp³-hybridized carbons (Fsp3) is 0.714. The molecule has 60 valence electrons. The van der Waals surface area contributed by atoms with Crippen LogP contribution in [0.5, 0.6) is 0 Å². The molecule has 4 nitrogen and oxygen atoms in total. The van der Waals surface area contributed by atoms with Crippen molar-refractivity contribution in [3.63, 3.8) is 0 Å². The van der Waals surface area contributed by atoms with Crippen LogP contribution in [0.25, 0.3) is 0 Å². The van der Waals surface area contributed by atoms with Crippen LogP contribution >= 0.6 is 0 Å². The summed E-state index contributed by atoms with van der Waals surface area (Å²) in [6.07, 6.45) is -0.0276. The molecule has 11 heavy (non-hydrogen) atoms. The summed E-state index contributed by atoms with van der Waals surface area (Å²) < 4.78 is 4.70. The van der Waals surface area contributed by atoms with Gasteiger partial charge in [-0.3, -0.25) is 0 Å². The first-order chi connectivity index (χ1) is 5.27. The number of hydrogen-bond acceptors (Lipinski definition) is 3. The normalized spacial score (nSPS) is 23.1. The smallest absolute Gasteiger partial charge is 0.411 e. The van der Waals surface area contributed by atoms with E-state index in [1.165, 1.54) is 0 Å². The van der Waals surface area contributed by atoms with Crippen molar-refractivity contribution in [2.75, 3.05) is 13.1 Å². The Morgan fingerprint density at radius 1 is 1.91 bits per heavy atom. The molecule has 1 fully saturated rings. The molecule has 1 atom stereocenters. The van der Waals surface area contributed by atoms with Gasteiger partial charge in [0.2, 0.25) is 6.10 Å². The van der Waals surface area contributed by atoms with Crippen LogP contribution in [0.3, 0.4) is 0 Å². The van der Waals surface area contributed by atoms with E-state index in [-0.39, 0.29) is 6.09 Å². The molecule has 0 aromatic carbocycles. The van der Waals surface area contributed by atoms with E-state index in [4.69, 9.17) is 10.00 Å². The van der Waals surface area contributed by atoms with Crippen LogP contribution in [-0.2, 0) is 4.74 Å². The van der Waals surface area contributed by atoms with Crippen LogP contribution in [-0.4, -0.2) is 30.2 Å². The molecule has 0 aromatic rings. The highest BCUT2D eigenvalue weighted by Crippen LogP contribution is 2.09. The fourth-order valence-corrected chi connectivity index (χ4v) is 1.03. The molecule has 1 saturated heterocycles. The highest BCUT2D eigenvalue weighted by Gasteiger charge is 2.29. The highest BCUT2D eigenvalue weighted by atomic mass is 16.6. The maximum Gasteiger partial charge on any atom is 0.411 e. The van der Waals surface area contributed by atoms with Crippen molar-refractivity contribution in [3.8, 4) is 6.07 Å². The number of nitrogens with zero attached hydrogens (tertiary/aromatic N) is 2. The van der Waals surface area contributed by atoms with Crippen LogP contribution in [0.1, 0.15) is 13.3 Å². The Balaban J connectivity index is 2.46. The molecule has 0 aromatic heterocycles. The van der Waals surface area contributed by atoms with Crippen LogP contribution in [0.2, 0.25) is 0 Å². The summed E-state index contributed by atoms with van der Waals surface area (Å²) in [6, 6.07) is 1.90. The third-order valence-electron chi connectivity index (χ3n) is 1.52.